The summed E-state index contributed by atoms with van der Waals surface area (Å²) in [4.78, 5) is 29.9. The van der Waals surface area contributed by atoms with Gasteiger partial charge in [0.05, 0.1) is 26.2 Å². The molecule has 0 unspecified atom stereocenters. The Kier molecular flexibility index (Phi) is 5.05. The number of hydrogen-bond acceptors (Lipinski definition) is 3. The molecule has 9 rings (SSSR count). The van der Waals surface area contributed by atoms with E-state index < -0.39 is 20.5 Å². The summed E-state index contributed by atoms with van der Waals surface area (Å²) >= 11 is 8.11. The lowest BCUT2D eigenvalue weighted by atomic mass is 9.54. The molecule has 5 aromatic rings. The third-order valence-corrected chi connectivity index (χ3v) is 11.4. The van der Waals surface area contributed by atoms with Gasteiger partial charge in [-0.2, -0.15) is 0 Å². The average molecular weight is 651 g/mol. The van der Waals surface area contributed by atoms with Crippen LogP contribution in [0.1, 0.15) is 22.3 Å². The molecule has 1 fully saturated rings. The number of anilines is 1. The van der Waals surface area contributed by atoms with Crippen LogP contribution in [0.2, 0.25) is 0 Å². The molecule has 0 saturated carbocycles. The van der Waals surface area contributed by atoms with E-state index in [0.717, 1.165) is 38.8 Å². The predicted molar refractivity (Wildman–Crippen MR) is 162 cm³/mol. The van der Waals surface area contributed by atoms with Crippen molar-refractivity contribution in [2.24, 2.45) is 11.8 Å². The second kappa shape index (κ2) is 8.38. The van der Waals surface area contributed by atoms with Gasteiger partial charge in [0.2, 0.25) is 11.8 Å². The van der Waals surface area contributed by atoms with Crippen molar-refractivity contribution in [2.75, 3.05) is 4.90 Å². The van der Waals surface area contributed by atoms with E-state index in [9.17, 15) is 9.59 Å². The molecule has 2 bridgehead atoms. The molecule has 6 heteroatoms. The molecule has 3 aliphatic carbocycles. The molecule has 1 saturated heterocycles. The fourth-order valence-electron chi connectivity index (χ4n) is 7.00. The van der Waals surface area contributed by atoms with E-state index in [-0.39, 0.29) is 11.8 Å². The van der Waals surface area contributed by atoms with Crippen LogP contribution >= 0.6 is 31.9 Å². The fourth-order valence-corrected chi connectivity index (χ4v) is 9.30. The first-order valence-electron chi connectivity index (χ1n) is 13.2. The highest BCUT2D eigenvalue weighted by Crippen LogP contribution is 2.70. The number of carbonyl (C=O) groups is 2. The molecule has 40 heavy (non-hydrogen) atoms. The monoisotopic (exact) mass is 649 g/mol. The van der Waals surface area contributed by atoms with Crippen molar-refractivity contribution in [1.82, 2.24) is 0 Å². The van der Waals surface area contributed by atoms with Gasteiger partial charge in [0.25, 0.3) is 0 Å². The zero-order valence-corrected chi connectivity index (χ0v) is 24.2. The minimum Gasteiger partial charge on any atom is -0.457 e. The van der Waals surface area contributed by atoms with Gasteiger partial charge in [0, 0.05) is 5.39 Å². The minimum atomic E-state index is -0.806. The van der Waals surface area contributed by atoms with Crippen molar-refractivity contribution in [3.63, 3.8) is 0 Å². The van der Waals surface area contributed by atoms with E-state index in [1.165, 1.54) is 4.90 Å². The number of imide groups is 1. The van der Waals surface area contributed by atoms with Crippen LogP contribution < -0.4 is 9.64 Å². The van der Waals surface area contributed by atoms with Crippen LogP contribution in [0, 0.1) is 11.8 Å². The van der Waals surface area contributed by atoms with Crippen molar-refractivity contribution in [3.05, 3.63) is 138 Å². The number of nitrogens with zero attached hydrogens (tertiary/aromatic N) is 1. The van der Waals surface area contributed by atoms with Gasteiger partial charge in [-0.3, -0.25) is 9.59 Å². The lowest BCUT2D eigenvalue weighted by molar-refractivity contribution is -0.122. The maximum absolute atomic E-state index is 14.3. The Labute approximate surface area is 247 Å². The first-order valence-corrected chi connectivity index (χ1v) is 14.7. The van der Waals surface area contributed by atoms with Crippen molar-refractivity contribution < 1.29 is 14.3 Å². The summed E-state index contributed by atoms with van der Waals surface area (Å²) in [6.45, 7) is 0. The molecule has 0 N–H and O–H groups in total. The number of fused-ring (bicyclic) bond motifs is 1. The van der Waals surface area contributed by atoms with E-state index in [0.29, 0.717) is 11.4 Å². The third kappa shape index (κ3) is 2.95. The van der Waals surface area contributed by atoms with Crippen LogP contribution in [0.5, 0.6) is 11.5 Å². The fraction of sp³-hybridized carbons (Fsp3) is 0.118. The summed E-state index contributed by atoms with van der Waals surface area (Å²) in [5, 5.41) is 2.11. The molecular formula is C34H21Br2NO3. The Hall–Kier alpha value is -3.74. The first-order chi connectivity index (χ1) is 19.4. The van der Waals surface area contributed by atoms with Crippen molar-refractivity contribution in [3.8, 4) is 11.5 Å². The van der Waals surface area contributed by atoms with E-state index in [1.807, 2.05) is 78.9 Å². The molecule has 0 aromatic heterocycles. The van der Waals surface area contributed by atoms with Gasteiger partial charge < -0.3 is 4.74 Å². The summed E-state index contributed by atoms with van der Waals surface area (Å²) in [5.41, 5.74) is 4.62. The summed E-state index contributed by atoms with van der Waals surface area (Å²) in [5.74, 6) is -0.235. The summed E-state index contributed by atoms with van der Waals surface area (Å²) in [6, 6.07) is 37.4. The predicted octanol–water partition coefficient (Wildman–Crippen LogP) is 8.04. The summed E-state index contributed by atoms with van der Waals surface area (Å²) < 4.78 is 4.60. The topological polar surface area (TPSA) is 46.6 Å². The van der Waals surface area contributed by atoms with Crippen LogP contribution in [0.25, 0.3) is 10.8 Å². The molecular weight excluding hydrogens is 630 g/mol. The van der Waals surface area contributed by atoms with E-state index >= 15 is 0 Å². The highest BCUT2D eigenvalue weighted by atomic mass is 79.9. The number of hydrogen-bond donors (Lipinski definition) is 0. The number of halogens is 2. The van der Waals surface area contributed by atoms with E-state index in [4.69, 9.17) is 4.74 Å². The number of ether oxygens (including phenoxy) is 1. The number of rotatable bonds is 3. The smallest absolute Gasteiger partial charge is 0.239 e. The number of carbonyl (C=O) groups excluding carboxylic acids is 2. The molecule has 4 aliphatic rings. The highest BCUT2D eigenvalue weighted by molar-refractivity contribution is 9.10. The van der Waals surface area contributed by atoms with Crippen molar-refractivity contribution in [2.45, 2.75) is 8.65 Å². The quantitative estimate of drug-likeness (QED) is 0.147. The first kappa shape index (κ1) is 24.1. The van der Waals surface area contributed by atoms with Crippen LogP contribution in [-0.4, -0.2) is 11.8 Å². The lowest BCUT2D eigenvalue weighted by Crippen LogP contribution is -2.56. The lowest BCUT2D eigenvalue weighted by Gasteiger charge is -2.55. The molecule has 4 nitrogen and oxygen atoms in total. The number of benzene rings is 5. The molecule has 194 valence electrons. The SMILES string of the molecule is O=C1[C@@H]2[C@@H](C(=O)N1c1ccc(Oc3cccc4ccccc34)cc1)C1(Br)c3ccccc3C2(Br)c2ccccc21. The zero-order valence-electron chi connectivity index (χ0n) is 21.1. The van der Waals surface area contributed by atoms with Crippen LogP contribution in [0.3, 0.4) is 0 Å². The molecule has 2 atom stereocenters. The Morgan fingerprint density at radius 2 is 1.05 bits per heavy atom. The third-order valence-electron chi connectivity index (χ3n) is 8.66. The molecule has 1 heterocycles. The maximum Gasteiger partial charge on any atom is 0.239 e. The maximum atomic E-state index is 14.3. The summed E-state index contributed by atoms with van der Waals surface area (Å²) in [7, 11) is 0. The van der Waals surface area contributed by atoms with Crippen LogP contribution in [0.15, 0.2) is 115 Å². The van der Waals surface area contributed by atoms with Crippen LogP contribution in [-0.2, 0) is 18.2 Å². The number of amides is 2. The van der Waals surface area contributed by atoms with Crippen LogP contribution in [0.4, 0.5) is 5.69 Å². The molecule has 0 radical (unpaired) electrons. The second-order valence-electron chi connectivity index (χ2n) is 10.6. The Morgan fingerprint density at radius 3 is 1.60 bits per heavy atom. The molecule has 5 aromatic carbocycles. The Bertz CT molecular complexity index is 1760. The summed E-state index contributed by atoms with van der Waals surface area (Å²) in [6.07, 6.45) is 0. The minimum absolute atomic E-state index is 0.206. The van der Waals surface area contributed by atoms with Crippen molar-refractivity contribution >= 4 is 60.1 Å². The Morgan fingerprint density at radius 1 is 0.575 bits per heavy atom. The van der Waals surface area contributed by atoms with Gasteiger partial charge >= 0.3 is 0 Å². The van der Waals surface area contributed by atoms with Gasteiger partial charge in [-0.25, -0.2) is 4.90 Å². The van der Waals surface area contributed by atoms with Crippen molar-refractivity contribution in [1.29, 1.82) is 0 Å². The average Bonchev–Trinajstić information content (AvgIpc) is 3.27. The molecule has 1 aliphatic heterocycles. The Balaban J connectivity index is 1.20. The molecule has 0 spiro atoms. The highest BCUT2D eigenvalue weighted by Gasteiger charge is 2.72. The van der Waals surface area contributed by atoms with Gasteiger partial charge in [0.15, 0.2) is 0 Å². The van der Waals surface area contributed by atoms with Gasteiger partial charge in [-0.05, 0) is 58.0 Å². The standard InChI is InChI=1S/C34H21Br2NO3/c35-33-24-11-3-4-12-25(24)34(36,27-14-6-5-13-26(27)33)30-29(33)31(38)37(32(30)39)21-16-18-22(19-17-21)40-28-15-7-9-20-8-1-2-10-23(20)28/h1-19,29-30H/t29-,30-,33?,34?/m0/s1. The second-order valence-corrected chi connectivity index (χ2v) is 13.1. The molecule has 2 amide bonds. The zero-order chi connectivity index (χ0) is 27.2. The van der Waals surface area contributed by atoms with E-state index in [2.05, 4.69) is 56.1 Å². The van der Waals surface area contributed by atoms with E-state index in [1.54, 1.807) is 12.1 Å². The largest absolute Gasteiger partial charge is 0.457 e. The van der Waals surface area contributed by atoms with Gasteiger partial charge in [-0.1, -0.05) is 117 Å². The normalized spacial score (nSPS) is 26.0. The van der Waals surface area contributed by atoms with Gasteiger partial charge in [-0.15, -0.1) is 0 Å². The van der Waals surface area contributed by atoms with Gasteiger partial charge in [0.1, 0.15) is 11.5 Å². The number of alkyl halides is 2.